The lowest BCUT2D eigenvalue weighted by atomic mass is 10.4. The van der Waals surface area contributed by atoms with Gasteiger partial charge < -0.3 is 9.67 Å². The molecule has 0 aliphatic carbocycles. The lowest BCUT2D eigenvalue weighted by Gasteiger charge is -2.26. The molecule has 0 atom stereocenters. The quantitative estimate of drug-likeness (QED) is 0.775. The summed E-state index contributed by atoms with van der Waals surface area (Å²) in [6, 6.07) is 0. The lowest BCUT2D eigenvalue weighted by Crippen LogP contribution is -2.38. The molecular formula is C10H13N5O3S. The van der Waals surface area contributed by atoms with Gasteiger partial charge in [0.15, 0.2) is 5.03 Å². The number of nitrogens with one attached hydrogen (secondary N) is 1. The predicted molar refractivity (Wildman–Crippen MR) is 64.3 cm³/mol. The first-order valence-electron chi connectivity index (χ1n) is 5.76. The van der Waals surface area contributed by atoms with Crippen LogP contribution in [0.4, 0.5) is 0 Å². The minimum Gasteiger partial charge on any atom is -0.392 e. The van der Waals surface area contributed by atoms with E-state index in [1.807, 2.05) is 10.8 Å². The Morgan fingerprint density at radius 3 is 3.05 bits per heavy atom. The molecule has 8 nitrogen and oxygen atoms in total. The molecular weight excluding hydrogens is 270 g/mol. The van der Waals surface area contributed by atoms with Crippen LogP contribution in [0.2, 0.25) is 0 Å². The van der Waals surface area contributed by atoms with Gasteiger partial charge in [-0.1, -0.05) is 0 Å². The largest absolute Gasteiger partial charge is 0.392 e. The van der Waals surface area contributed by atoms with Crippen molar-refractivity contribution in [3.8, 4) is 0 Å². The van der Waals surface area contributed by atoms with Gasteiger partial charge in [-0.25, -0.2) is 13.4 Å². The summed E-state index contributed by atoms with van der Waals surface area (Å²) in [6.07, 6.45) is 4.80. The highest BCUT2D eigenvalue weighted by Crippen LogP contribution is 2.21. The molecule has 2 aromatic heterocycles. The molecule has 0 aromatic carbocycles. The SMILES string of the molecule is O=S(=O)(c1[nH]ncc1CO)N1CCn2ccnc2C1. The topological polar surface area (TPSA) is 104 Å². The molecule has 2 aromatic rings. The van der Waals surface area contributed by atoms with Gasteiger partial charge in [-0.2, -0.15) is 9.40 Å². The van der Waals surface area contributed by atoms with Gasteiger partial charge in [0.1, 0.15) is 5.82 Å². The number of fused-ring (bicyclic) bond motifs is 1. The third kappa shape index (κ3) is 1.95. The van der Waals surface area contributed by atoms with E-state index in [-0.39, 0.29) is 23.7 Å². The van der Waals surface area contributed by atoms with Crippen molar-refractivity contribution in [1.82, 2.24) is 24.1 Å². The van der Waals surface area contributed by atoms with Crippen LogP contribution in [-0.4, -0.2) is 44.1 Å². The highest BCUT2D eigenvalue weighted by molar-refractivity contribution is 7.89. The molecule has 0 spiro atoms. The van der Waals surface area contributed by atoms with Gasteiger partial charge in [0.25, 0.3) is 10.0 Å². The minimum absolute atomic E-state index is 0.0463. The fourth-order valence-corrected chi connectivity index (χ4v) is 3.60. The molecule has 3 rings (SSSR count). The van der Waals surface area contributed by atoms with Crippen molar-refractivity contribution in [1.29, 1.82) is 0 Å². The van der Waals surface area contributed by atoms with E-state index >= 15 is 0 Å². The van der Waals surface area contributed by atoms with Gasteiger partial charge in [-0.3, -0.25) is 5.10 Å². The highest BCUT2D eigenvalue weighted by atomic mass is 32.2. The Morgan fingerprint density at radius 2 is 2.26 bits per heavy atom. The molecule has 2 N–H and O–H groups in total. The minimum atomic E-state index is -3.68. The van der Waals surface area contributed by atoms with Crippen LogP contribution in [0.1, 0.15) is 11.4 Å². The van der Waals surface area contributed by atoms with Crippen molar-refractivity contribution in [3.05, 3.63) is 30.0 Å². The molecule has 102 valence electrons. The second-order valence-corrected chi connectivity index (χ2v) is 6.13. The normalized spacial score (nSPS) is 16.5. The van der Waals surface area contributed by atoms with Crippen LogP contribution in [0.15, 0.2) is 23.6 Å². The van der Waals surface area contributed by atoms with Gasteiger partial charge >= 0.3 is 0 Å². The van der Waals surface area contributed by atoms with Crippen molar-refractivity contribution in [2.75, 3.05) is 6.54 Å². The van der Waals surface area contributed by atoms with Crippen molar-refractivity contribution in [3.63, 3.8) is 0 Å². The van der Waals surface area contributed by atoms with Crippen molar-refractivity contribution < 1.29 is 13.5 Å². The number of H-pyrrole nitrogens is 1. The van der Waals surface area contributed by atoms with Crippen LogP contribution in [0.25, 0.3) is 0 Å². The van der Waals surface area contributed by atoms with Crippen molar-refractivity contribution >= 4 is 10.0 Å². The number of aliphatic hydroxyl groups excluding tert-OH is 1. The third-order valence-corrected chi connectivity index (χ3v) is 5.02. The third-order valence-electron chi connectivity index (χ3n) is 3.16. The molecule has 19 heavy (non-hydrogen) atoms. The van der Waals surface area contributed by atoms with Crippen LogP contribution in [-0.2, 0) is 29.7 Å². The number of aliphatic hydroxyl groups is 1. The van der Waals surface area contributed by atoms with E-state index < -0.39 is 10.0 Å². The predicted octanol–water partition coefficient (Wildman–Crippen LogP) is -0.697. The Hall–Kier alpha value is -1.71. The molecule has 9 heteroatoms. The van der Waals surface area contributed by atoms with E-state index in [1.165, 1.54) is 10.5 Å². The van der Waals surface area contributed by atoms with Crippen LogP contribution in [0, 0.1) is 0 Å². The maximum absolute atomic E-state index is 12.5. The fourth-order valence-electron chi connectivity index (χ4n) is 2.12. The standard InChI is InChI=1S/C10H13N5O3S/c16-7-8-5-12-13-10(8)19(17,18)15-4-3-14-2-1-11-9(14)6-15/h1-2,5,16H,3-4,6-7H2,(H,12,13). The van der Waals surface area contributed by atoms with Crippen LogP contribution in [0.5, 0.6) is 0 Å². The van der Waals surface area contributed by atoms with Crippen molar-refractivity contribution in [2.24, 2.45) is 0 Å². The first-order chi connectivity index (χ1) is 9.13. The Kier molecular flexibility index (Phi) is 2.88. The fraction of sp³-hybridized carbons (Fsp3) is 0.400. The van der Waals surface area contributed by atoms with E-state index in [0.29, 0.717) is 18.9 Å². The van der Waals surface area contributed by atoms with Crippen molar-refractivity contribution in [2.45, 2.75) is 24.7 Å². The Labute approximate surface area is 109 Å². The van der Waals surface area contributed by atoms with E-state index in [2.05, 4.69) is 15.2 Å². The van der Waals surface area contributed by atoms with E-state index in [1.54, 1.807) is 6.20 Å². The smallest absolute Gasteiger partial charge is 0.260 e. The molecule has 0 bridgehead atoms. The molecule has 0 saturated heterocycles. The summed E-state index contributed by atoms with van der Waals surface area (Å²) >= 11 is 0. The number of aromatic nitrogens is 4. The van der Waals surface area contributed by atoms with E-state index in [0.717, 1.165) is 0 Å². The zero-order valence-electron chi connectivity index (χ0n) is 10.0. The number of nitrogens with zero attached hydrogens (tertiary/aromatic N) is 4. The lowest BCUT2D eigenvalue weighted by molar-refractivity contribution is 0.277. The number of sulfonamides is 1. The summed E-state index contributed by atoms with van der Waals surface area (Å²) in [5, 5.41) is 15.2. The molecule has 3 heterocycles. The zero-order chi connectivity index (χ0) is 13.5. The average Bonchev–Trinajstić information content (AvgIpc) is 3.06. The number of aromatic amines is 1. The van der Waals surface area contributed by atoms with Gasteiger partial charge in [0, 0.05) is 31.0 Å². The zero-order valence-corrected chi connectivity index (χ0v) is 10.8. The summed E-state index contributed by atoms with van der Waals surface area (Å²) in [4.78, 5) is 4.13. The van der Waals surface area contributed by atoms with E-state index in [9.17, 15) is 8.42 Å². The molecule has 0 amide bonds. The Balaban J connectivity index is 1.94. The van der Waals surface area contributed by atoms with Gasteiger partial charge in [0.2, 0.25) is 0 Å². The monoisotopic (exact) mass is 283 g/mol. The Morgan fingerprint density at radius 1 is 1.42 bits per heavy atom. The van der Waals surface area contributed by atoms with Gasteiger partial charge in [-0.15, -0.1) is 0 Å². The molecule has 0 saturated carbocycles. The second kappa shape index (κ2) is 4.44. The van der Waals surface area contributed by atoms with Gasteiger partial charge in [-0.05, 0) is 0 Å². The molecule has 0 unspecified atom stereocenters. The molecule has 1 aliphatic heterocycles. The maximum Gasteiger partial charge on any atom is 0.260 e. The van der Waals surface area contributed by atoms with E-state index in [4.69, 9.17) is 5.11 Å². The number of hydrogen-bond acceptors (Lipinski definition) is 5. The molecule has 1 aliphatic rings. The highest BCUT2D eigenvalue weighted by Gasteiger charge is 2.31. The van der Waals surface area contributed by atoms with Gasteiger partial charge in [0.05, 0.1) is 19.3 Å². The first kappa shape index (κ1) is 12.3. The van der Waals surface area contributed by atoms with Crippen LogP contribution < -0.4 is 0 Å². The number of hydrogen-bond donors (Lipinski definition) is 2. The average molecular weight is 283 g/mol. The maximum atomic E-state index is 12.5. The molecule has 0 fully saturated rings. The van der Waals surface area contributed by atoms with Crippen LogP contribution >= 0.6 is 0 Å². The summed E-state index contributed by atoms with van der Waals surface area (Å²) in [7, 11) is -3.68. The summed E-state index contributed by atoms with van der Waals surface area (Å²) in [6.45, 7) is 0.791. The summed E-state index contributed by atoms with van der Waals surface area (Å²) in [5.41, 5.74) is 0.272. The summed E-state index contributed by atoms with van der Waals surface area (Å²) < 4.78 is 28.2. The number of imidazole rings is 1. The Bertz CT molecular complexity index is 690. The second-order valence-electron chi connectivity index (χ2n) is 4.26. The van der Waals surface area contributed by atoms with Crippen LogP contribution in [0.3, 0.4) is 0 Å². The summed E-state index contributed by atoms with van der Waals surface area (Å²) in [5.74, 6) is 0.708. The number of rotatable bonds is 3. The molecule has 0 radical (unpaired) electrons. The first-order valence-corrected chi connectivity index (χ1v) is 7.20.